The number of aliphatic hydroxyl groups is 1. The first kappa shape index (κ1) is 15.9. The van der Waals surface area contributed by atoms with Crippen molar-refractivity contribution in [3.8, 4) is 5.75 Å². The van der Waals surface area contributed by atoms with Crippen molar-refractivity contribution in [2.75, 3.05) is 13.2 Å². The molecular formula is C17H16O5S. The summed E-state index contributed by atoms with van der Waals surface area (Å²) in [6, 6.07) is 8.40. The molecule has 1 aliphatic heterocycles. The third-order valence-electron chi connectivity index (χ3n) is 3.70. The van der Waals surface area contributed by atoms with Crippen molar-refractivity contribution in [3.63, 3.8) is 0 Å². The van der Waals surface area contributed by atoms with Gasteiger partial charge in [-0.2, -0.15) is 0 Å². The highest BCUT2D eigenvalue weighted by Gasteiger charge is 2.33. The van der Waals surface area contributed by atoms with Crippen LogP contribution in [0.4, 0.5) is 0 Å². The van der Waals surface area contributed by atoms with Crippen LogP contribution in [0.15, 0.2) is 40.1 Å². The normalized spacial score (nSPS) is 15.7. The van der Waals surface area contributed by atoms with Crippen molar-refractivity contribution < 1.29 is 24.3 Å². The van der Waals surface area contributed by atoms with Crippen LogP contribution in [0, 0.1) is 6.92 Å². The zero-order chi connectivity index (χ0) is 16.6. The van der Waals surface area contributed by atoms with E-state index in [1.54, 1.807) is 12.1 Å². The number of carbonyl (C=O) groups is 1. The summed E-state index contributed by atoms with van der Waals surface area (Å²) in [5.41, 5.74) is 2.78. The molecule has 1 aliphatic rings. The van der Waals surface area contributed by atoms with Gasteiger partial charge in [0.25, 0.3) is 0 Å². The van der Waals surface area contributed by atoms with Gasteiger partial charge in [-0.1, -0.05) is 6.07 Å². The molecule has 0 spiro atoms. The molecule has 0 aliphatic carbocycles. The molecule has 0 radical (unpaired) electrons. The number of ether oxygens (including phenoxy) is 1. The fourth-order valence-corrected chi connectivity index (χ4v) is 4.21. The van der Waals surface area contributed by atoms with Crippen LogP contribution in [0.2, 0.25) is 0 Å². The van der Waals surface area contributed by atoms with Gasteiger partial charge in [-0.25, -0.2) is 4.79 Å². The van der Waals surface area contributed by atoms with Gasteiger partial charge < -0.3 is 19.5 Å². The molecule has 2 aromatic carbocycles. The molecule has 2 N–H and O–H groups in total. The molecule has 0 saturated heterocycles. The maximum atomic E-state index is 12.9. The zero-order valence-corrected chi connectivity index (χ0v) is 13.4. The van der Waals surface area contributed by atoms with E-state index < -0.39 is 17.1 Å². The van der Waals surface area contributed by atoms with E-state index in [1.165, 1.54) is 6.07 Å². The number of aliphatic hydroxyl groups excluding tert-OH is 1. The van der Waals surface area contributed by atoms with Gasteiger partial charge in [-0.05, 0) is 36.8 Å². The first-order valence-electron chi connectivity index (χ1n) is 7.16. The van der Waals surface area contributed by atoms with Gasteiger partial charge >= 0.3 is 5.97 Å². The molecule has 3 rings (SSSR count). The van der Waals surface area contributed by atoms with Gasteiger partial charge in [0.2, 0.25) is 4.90 Å². The van der Waals surface area contributed by atoms with Crippen molar-refractivity contribution >= 4 is 17.1 Å². The highest BCUT2D eigenvalue weighted by Crippen LogP contribution is 2.40. The number of aryl methyl sites for hydroxylation is 1. The maximum Gasteiger partial charge on any atom is 0.335 e. The molecular weight excluding hydrogens is 316 g/mol. The predicted octanol–water partition coefficient (Wildman–Crippen LogP) is 2.14. The molecule has 0 amide bonds. The van der Waals surface area contributed by atoms with E-state index in [9.17, 15) is 9.35 Å². The van der Waals surface area contributed by atoms with Crippen molar-refractivity contribution in [3.05, 3.63) is 52.6 Å². The van der Waals surface area contributed by atoms with Crippen LogP contribution in [0.5, 0.6) is 5.75 Å². The van der Waals surface area contributed by atoms with E-state index in [1.807, 2.05) is 19.1 Å². The number of carboxylic acids is 1. The second-order valence-corrected chi connectivity index (χ2v) is 6.78. The zero-order valence-electron chi connectivity index (χ0n) is 12.5. The summed E-state index contributed by atoms with van der Waals surface area (Å²) in [5, 5.41) is 18.1. The smallest absolute Gasteiger partial charge is 0.335 e. The molecule has 1 heterocycles. The van der Waals surface area contributed by atoms with E-state index in [0.29, 0.717) is 22.0 Å². The lowest BCUT2D eigenvalue weighted by Gasteiger charge is -2.24. The van der Waals surface area contributed by atoms with Crippen molar-refractivity contribution in [2.45, 2.75) is 23.1 Å². The molecule has 0 saturated carbocycles. The van der Waals surface area contributed by atoms with Crippen LogP contribution in [0.3, 0.4) is 0 Å². The highest BCUT2D eigenvalue weighted by molar-refractivity contribution is 7.91. The molecule has 0 bridgehead atoms. The molecule has 0 aromatic heterocycles. The molecule has 1 atom stereocenters. The van der Waals surface area contributed by atoms with Crippen LogP contribution < -0.4 is 4.74 Å². The van der Waals surface area contributed by atoms with Gasteiger partial charge in [0.15, 0.2) is 10.6 Å². The molecule has 1 unspecified atom stereocenters. The summed E-state index contributed by atoms with van der Waals surface area (Å²) >= 11 is -1.43. The first-order valence-corrected chi connectivity index (χ1v) is 8.31. The van der Waals surface area contributed by atoms with Crippen molar-refractivity contribution in [1.29, 1.82) is 0 Å². The number of hydrogen-bond donors (Lipinski definition) is 2. The van der Waals surface area contributed by atoms with Gasteiger partial charge in [0.1, 0.15) is 6.61 Å². The van der Waals surface area contributed by atoms with E-state index in [0.717, 1.165) is 16.7 Å². The number of fused-ring (bicyclic) bond motifs is 2. The SMILES string of the molecule is Cc1cc2c(c(OCCO)c1)[S+]([O-])c1ccc(C(=O)O)cc1C2. The second-order valence-electron chi connectivity index (χ2n) is 5.40. The summed E-state index contributed by atoms with van der Waals surface area (Å²) in [7, 11) is 0. The minimum atomic E-state index is -1.43. The lowest BCUT2D eigenvalue weighted by atomic mass is 10.00. The number of benzene rings is 2. The molecule has 6 heteroatoms. The Kier molecular flexibility index (Phi) is 4.30. The van der Waals surface area contributed by atoms with Crippen LogP contribution in [0.25, 0.3) is 0 Å². The third kappa shape index (κ3) is 2.93. The Morgan fingerprint density at radius 3 is 2.78 bits per heavy atom. The van der Waals surface area contributed by atoms with Crippen molar-refractivity contribution in [2.24, 2.45) is 0 Å². The number of rotatable bonds is 4. The van der Waals surface area contributed by atoms with Gasteiger partial charge in [-0.15, -0.1) is 0 Å². The highest BCUT2D eigenvalue weighted by atomic mass is 32.2. The van der Waals surface area contributed by atoms with Crippen LogP contribution in [0.1, 0.15) is 27.0 Å². The fraction of sp³-hybridized carbons (Fsp3) is 0.235. The summed E-state index contributed by atoms with van der Waals surface area (Å²) < 4.78 is 18.5. The van der Waals surface area contributed by atoms with Gasteiger partial charge in [-0.3, -0.25) is 0 Å². The van der Waals surface area contributed by atoms with E-state index in [-0.39, 0.29) is 18.8 Å². The standard InChI is InChI=1S/C17H16O5S/c1-10-6-13-9-12-8-11(17(19)20)2-3-15(12)23(21)16(13)14(7-10)22-5-4-18/h2-3,6-8,18H,4-5,9H2,1H3,(H,19,20). The quantitative estimate of drug-likeness (QED) is 0.837. The summed E-state index contributed by atoms with van der Waals surface area (Å²) in [5.74, 6) is -0.485. The first-order chi connectivity index (χ1) is 11.0. The monoisotopic (exact) mass is 332 g/mol. The van der Waals surface area contributed by atoms with E-state index in [4.69, 9.17) is 14.9 Å². The third-order valence-corrected chi connectivity index (χ3v) is 5.33. The molecule has 0 fully saturated rings. The average Bonchev–Trinajstić information content (AvgIpc) is 2.51. The van der Waals surface area contributed by atoms with E-state index in [2.05, 4.69) is 0 Å². The Morgan fingerprint density at radius 1 is 1.30 bits per heavy atom. The summed E-state index contributed by atoms with van der Waals surface area (Å²) in [4.78, 5) is 12.3. The predicted molar refractivity (Wildman–Crippen MR) is 84.6 cm³/mol. The summed E-state index contributed by atoms with van der Waals surface area (Å²) in [6.07, 6.45) is 0.509. The molecule has 2 aromatic rings. The lowest BCUT2D eigenvalue weighted by molar-refractivity contribution is 0.0696. The average molecular weight is 332 g/mol. The summed E-state index contributed by atoms with van der Waals surface area (Å²) in [6.45, 7) is 1.93. The Balaban J connectivity index is 2.08. The Morgan fingerprint density at radius 2 is 2.09 bits per heavy atom. The largest absolute Gasteiger partial charge is 0.606 e. The molecule has 23 heavy (non-hydrogen) atoms. The lowest BCUT2D eigenvalue weighted by Crippen LogP contribution is -2.18. The van der Waals surface area contributed by atoms with E-state index >= 15 is 0 Å². The maximum absolute atomic E-state index is 12.9. The Bertz CT molecular complexity index is 772. The fourth-order valence-electron chi connectivity index (χ4n) is 2.76. The Labute approximate surface area is 136 Å². The van der Waals surface area contributed by atoms with Crippen LogP contribution in [-0.4, -0.2) is 33.9 Å². The van der Waals surface area contributed by atoms with Gasteiger partial charge in [0.05, 0.1) is 12.2 Å². The molecule has 120 valence electrons. The van der Waals surface area contributed by atoms with Crippen LogP contribution >= 0.6 is 0 Å². The topological polar surface area (TPSA) is 89.8 Å². The molecule has 5 nitrogen and oxygen atoms in total. The minimum Gasteiger partial charge on any atom is -0.606 e. The number of aromatic carboxylic acids is 1. The minimum absolute atomic E-state index is 0.117. The second kappa shape index (κ2) is 6.23. The van der Waals surface area contributed by atoms with Gasteiger partial charge in [0, 0.05) is 28.7 Å². The number of hydrogen-bond acceptors (Lipinski definition) is 4. The van der Waals surface area contributed by atoms with Crippen molar-refractivity contribution in [1.82, 2.24) is 0 Å². The Hall–Kier alpha value is -2.02. The number of carboxylic acid groups (broad SMARTS) is 1. The van der Waals surface area contributed by atoms with Crippen LogP contribution in [-0.2, 0) is 17.6 Å².